The monoisotopic (exact) mass is 553 g/mol. The Morgan fingerprint density at radius 1 is 0.944 bits per heavy atom. The maximum absolute atomic E-state index is 12.6. The number of benzene rings is 3. The molecule has 0 unspecified atom stereocenters. The molecule has 36 heavy (non-hydrogen) atoms. The number of anilines is 1. The third kappa shape index (κ3) is 7.67. The van der Waals surface area contributed by atoms with Crippen LogP contribution in [0.3, 0.4) is 0 Å². The number of hydrazone groups is 1. The van der Waals surface area contributed by atoms with Crippen molar-refractivity contribution in [2.45, 2.75) is 13.3 Å². The summed E-state index contributed by atoms with van der Waals surface area (Å²) in [6.07, 6.45) is 2.15. The van der Waals surface area contributed by atoms with Gasteiger partial charge >= 0.3 is 17.8 Å². The molecule has 3 aromatic rings. The van der Waals surface area contributed by atoms with Gasteiger partial charge in [-0.3, -0.25) is 9.59 Å². The number of halogens is 1. The Bertz CT molecular complexity index is 1240. The zero-order chi connectivity index (χ0) is 25.9. The lowest BCUT2D eigenvalue weighted by Gasteiger charge is -2.09. The third-order valence-corrected chi connectivity index (χ3v) is 5.15. The van der Waals surface area contributed by atoms with E-state index in [2.05, 4.69) is 31.8 Å². The van der Waals surface area contributed by atoms with Gasteiger partial charge in [-0.25, -0.2) is 10.2 Å². The Kier molecular flexibility index (Phi) is 9.58. The van der Waals surface area contributed by atoms with E-state index in [1.54, 1.807) is 66.7 Å². The fraction of sp³-hybridized carbons (Fsp3) is 0.154. The number of amides is 2. The molecule has 0 saturated carbocycles. The second kappa shape index (κ2) is 13.1. The zero-order valence-corrected chi connectivity index (χ0v) is 21.2. The van der Waals surface area contributed by atoms with Crippen LogP contribution in [0, 0.1) is 0 Å². The SMILES string of the molecule is CCCOc1ccc(C(=O)Oc2ccc(Br)cc2/C=N\NC(=O)C(=O)Nc2ccc(OC)cc2)cc1. The van der Waals surface area contributed by atoms with Gasteiger partial charge in [0.1, 0.15) is 17.2 Å². The number of ether oxygens (including phenoxy) is 3. The highest BCUT2D eigenvalue weighted by atomic mass is 79.9. The van der Waals surface area contributed by atoms with Crippen molar-refractivity contribution in [2.75, 3.05) is 19.0 Å². The predicted molar refractivity (Wildman–Crippen MR) is 139 cm³/mol. The summed E-state index contributed by atoms with van der Waals surface area (Å²) in [4.78, 5) is 36.8. The van der Waals surface area contributed by atoms with Crippen molar-refractivity contribution in [3.05, 3.63) is 82.3 Å². The van der Waals surface area contributed by atoms with Crippen molar-refractivity contribution in [1.29, 1.82) is 0 Å². The average molecular weight is 554 g/mol. The van der Waals surface area contributed by atoms with Crippen LogP contribution in [0.4, 0.5) is 5.69 Å². The first kappa shape index (κ1) is 26.4. The smallest absolute Gasteiger partial charge is 0.343 e. The standard InChI is InChI=1S/C26H24BrN3O6/c1-3-14-35-22-9-4-17(5-10-22)26(33)36-23-13-6-19(27)15-18(23)16-28-30-25(32)24(31)29-20-7-11-21(34-2)12-8-20/h4-13,15-16H,3,14H2,1-2H3,(H,29,31)(H,30,32)/b28-16-. The Balaban J connectivity index is 1.62. The zero-order valence-electron chi connectivity index (χ0n) is 19.6. The van der Waals surface area contributed by atoms with Crippen LogP contribution in [0.5, 0.6) is 17.2 Å². The fourth-order valence-corrected chi connectivity index (χ4v) is 3.23. The molecule has 0 bridgehead atoms. The van der Waals surface area contributed by atoms with E-state index in [0.717, 1.165) is 6.42 Å². The summed E-state index contributed by atoms with van der Waals surface area (Å²) in [5.41, 5.74) is 3.32. The number of methoxy groups -OCH3 is 1. The first-order valence-electron chi connectivity index (χ1n) is 10.9. The summed E-state index contributed by atoms with van der Waals surface area (Å²) >= 11 is 3.35. The van der Waals surface area contributed by atoms with Crippen LogP contribution >= 0.6 is 15.9 Å². The minimum atomic E-state index is -0.971. The second-order valence-electron chi connectivity index (χ2n) is 7.33. The lowest BCUT2D eigenvalue weighted by molar-refractivity contribution is -0.136. The van der Waals surface area contributed by atoms with Gasteiger partial charge in [0.15, 0.2) is 0 Å². The highest BCUT2D eigenvalue weighted by molar-refractivity contribution is 9.10. The Labute approximate surface area is 216 Å². The minimum Gasteiger partial charge on any atom is -0.497 e. The molecule has 0 atom stereocenters. The quantitative estimate of drug-likeness (QED) is 0.132. The molecule has 0 aromatic heterocycles. The van der Waals surface area contributed by atoms with Gasteiger partial charge in [0.2, 0.25) is 0 Å². The van der Waals surface area contributed by atoms with Gasteiger partial charge < -0.3 is 19.5 Å². The van der Waals surface area contributed by atoms with Gasteiger partial charge in [0, 0.05) is 15.7 Å². The molecule has 3 rings (SSSR count). The van der Waals surface area contributed by atoms with E-state index in [9.17, 15) is 14.4 Å². The fourth-order valence-electron chi connectivity index (χ4n) is 2.85. The molecular weight excluding hydrogens is 530 g/mol. The van der Waals surface area contributed by atoms with Crippen molar-refractivity contribution in [3.63, 3.8) is 0 Å². The number of hydrogen-bond acceptors (Lipinski definition) is 7. The topological polar surface area (TPSA) is 115 Å². The van der Waals surface area contributed by atoms with Crippen LogP contribution in [-0.2, 0) is 9.59 Å². The normalized spacial score (nSPS) is 10.5. The second-order valence-corrected chi connectivity index (χ2v) is 8.24. The van der Waals surface area contributed by atoms with E-state index in [-0.39, 0.29) is 5.75 Å². The van der Waals surface area contributed by atoms with Crippen LogP contribution < -0.4 is 25.0 Å². The van der Waals surface area contributed by atoms with Gasteiger partial charge in [0.05, 0.1) is 25.5 Å². The Morgan fingerprint density at radius 2 is 1.64 bits per heavy atom. The van der Waals surface area contributed by atoms with Crippen LogP contribution in [0.1, 0.15) is 29.3 Å². The van der Waals surface area contributed by atoms with E-state index >= 15 is 0 Å². The summed E-state index contributed by atoms with van der Waals surface area (Å²) in [6.45, 7) is 2.60. The Morgan fingerprint density at radius 3 is 2.31 bits per heavy atom. The lowest BCUT2D eigenvalue weighted by Crippen LogP contribution is -2.32. The van der Waals surface area contributed by atoms with Crippen molar-refractivity contribution >= 4 is 45.6 Å². The third-order valence-electron chi connectivity index (χ3n) is 4.66. The highest BCUT2D eigenvalue weighted by Gasteiger charge is 2.14. The van der Waals surface area contributed by atoms with Crippen LogP contribution in [0.2, 0.25) is 0 Å². The van der Waals surface area contributed by atoms with E-state index < -0.39 is 17.8 Å². The molecule has 9 nitrogen and oxygen atoms in total. The van der Waals surface area contributed by atoms with E-state index in [4.69, 9.17) is 14.2 Å². The number of nitrogens with zero attached hydrogens (tertiary/aromatic N) is 1. The largest absolute Gasteiger partial charge is 0.497 e. The number of carbonyl (C=O) groups is 3. The first-order valence-corrected chi connectivity index (χ1v) is 11.7. The number of carbonyl (C=O) groups excluding carboxylic acids is 3. The number of rotatable bonds is 9. The number of hydrogen-bond donors (Lipinski definition) is 2. The summed E-state index contributed by atoms with van der Waals surface area (Å²) in [7, 11) is 1.53. The van der Waals surface area contributed by atoms with Crippen LogP contribution in [-0.4, -0.2) is 37.7 Å². The summed E-state index contributed by atoms with van der Waals surface area (Å²) in [6, 6.07) is 18.0. The van der Waals surface area contributed by atoms with Crippen molar-refractivity contribution in [3.8, 4) is 17.2 Å². The molecule has 3 aromatic carbocycles. The molecule has 0 aliphatic carbocycles. The van der Waals surface area contributed by atoms with Crippen molar-refractivity contribution < 1.29 is 28.6 Å². The molecule has 2 amide bonds. The molecule has 0 spiro atoms. The molecule has 10 heteroatoms. The Hall–Kier alpha value is -4.18. The van der Waals surface area contributed by atoms with Crippen LogP contribution in [0.15, 0.2) is 76.3 Å². The molecular formula is C26H24BrN3O6. The lowest BCUT2D eigenvalue weighted by atomic mass is 10.2. The summed E-state index contributed by atoms with van der Waals surface area (Å²) < 4.78 is 16.8. The van der Waals surface area contributed by atoms with Crippen molar-refractivity contribution in [1.82, 2.24) is 5.43 Å². The van der Waals surface area contributed by atoms with E-state index in [0.29, 0.717) is 39.4 Å². The van der Waals surface area contributed by atoms with Crippen LogP contribution in [0.25, 0.3) is 0 Å². The highest BCUT2D eigenvalue weighted by Crippen LogP contribution is 2.23. The molecule has 186 valence electrons. The van der Waals surface area contributed by atoms with Gasteiger partial charge in [0.25, 0.3) is 0 Å². The predicted octanol–water partition coefficient (Wildman–Crippen LogP) is 4.55. The summed E-state index contributed by atoms with van der Waals surface area (Å²) in [5, 5.41) is 6.27. The minimum absolute atomic E-state index is 0.218. The maximum atomic E-state index is 12.6. The first-order chi connectivity index (χ1) is 17.4. The maximum Gasteiger partial charge on any atom is 0.343 e. The molecule has 0 fully saturated rings. The molecule has 0 aliphatic heterocycles. The van der Waals surface area contributed by atoms with Gasteiger partial charge in [-0.2, -0.15) is 5.10 Å². The van der Waals surface area contributed by atoms with E-state index in [1.165, 1.54) is 13.3 Å². The van der Waals surface area contributed by atoms with Gasteiger partial charge in [-0.05, 0) is 73.2 Å². The van der Waals surface area contributed by atoms with Gasteiger partial charge in [-0.1, -0.05) is 22.9 Å². The summed E-state index contributed by atoms with van der Waals surface area (Å²) in [5.74, 6) is -0.945. The van der Waals surface area contributed by atoms with Crippen molar-refractivity contribution in [2.24, 2.45) is 5.10 Å². The molecule has 0 aliphatic rings. The average Bonchev–Trinajstić information content (AvgIpc) is 2.89. The molecule has 0 saturated heterocycles. The van der Waals surface area contributed by atoms with E-state index in [1.807, 2.05) is 6.92 Å². The molecule has 0 radical (unpaired) electrons. The molecule has 2 N–H and O–H groups in total. The molecule has 0 heterocycles. The number of nitrogens with one attached hydrogen (secondary N) is 2. The van der Waals surface area contributed by atoms with Gasteiger partial charge in [-0.15, -0.1) is 0 Å². The number of esters is 1.